The molecular weight excluding hydrogens is 518 g/mol. The smallest absolute Gasteiger partial charge is 0.309 e. The largest absolute Gasteiger partial charge is 0.359 e. The molecule has 0 aliphatic carbocycles. The van der Waals surface area contributed by atoms with E-state index in [0.29, 0.717) is 12.0 Å². The number of primary sulfonamides is 1. The van der Waals surface area contributed by atoms with Crippen LogP contribution >= 0.6 is 0 Å². The number of sulfonamides is 2. The molecule has 194 valence electrons. The van der Waals surface area contributed by atoms with Gasteiger partial charge in [-0.05, 0) is 36.2 Å². The summed E-state index contributed by atoms with van der Waals surface area (Å²) in [4.78, 5) is 34.1. The summed E-state index contributed by atoms with van der Waals surface area (Å²) in [6.45, 7) is -0.158. The Morgan fingerprint density at radius 3 is 2.17 bits per heavy atom. The van der Waals surface area contributed by atoms with Crippen molar-refractivity contribution >= 4 is 37.5 Å². The van der Waals surface area contributed by atoms with Crippen LogP contribution in [0.1, 0.15) is 5.56 Å². The zero-order chi connectivity index (χ0) is 26.5. The SMILES string of the molecule is NS(=O)(=O)c1ccc(CCNC(=O)C(=O)NC[C@H]2OCCN2S(=O)(=O)c2ccc([N+](=O)[O-])cc2)cc1. The molecule has 2 amide bonds. The molecule has 36 heavy (non-hydrogen) atoms. The summed E-state index contributed by atoms with van der Waals surface area (Å²) in [6, 6.07) is 10.1. The van der Waals surface area contributed by atoms with E-state index in [-0.39, 0.29) is 41.7 Å². The minimum atomic E-state index is -4.07. The lowest BCUT2D eigenvalue weighted by Gasteiger charge is -2.22. The Morgan fingerprint density at radius 1 is 1.00 bits per heavy atom. The summed E-state index contributed by atoms with van der Waals surface area (Å²) >= 11 is 0. The number of nitro groups is 1. The van der Waals surface area contributed by atoms with Crippen LogP contribution in [0.5, 0.6) is 0 Å². The van der Waals surface area contributed by atoms with E-state index in [4.69, 9.17) is 9.88 Å². The number of hydrogen-bond donors (Lipinski definition) is 3. The molecule has 1 aliphatic heterocycles. The maximum Gasteiger partial charge on any atom is 0.309 e. The Morgan fingerprint density at radius 2 is 1.58 bits per heavy atom. The van der Waals surface area contributed by atoms with Gasteiger partial charge in [-0.15, -0.1) is 0 Å². The van der Waals surface area contributed by atoms with Crippen molar-refractivity contribution in [2.75, 3.05) is 26.2 Å². The minimum absolute atomic E-state index is 0.00367. The maximum absolute atomic E-state index is 12.9. The highest BCUT2D eigenvalue weighted by molar-refractivity contribution is 7.89. The summed E-state index contributed by atoms with van der Waals surface area (Å²) in [5.74, 6) is -1.94. The lowest BCUT2D eigenvalue weighted by atomic mass is 10.1. The predicted octanol–water partition coefficient (Wildman–Crippen LogP) is -0.936. The molecule has 4 N–H and O–H groups in total. The van der Waals surface area contributed by atoms with Crippen molar-refractivity contribution in [1.29, 1.82) is 0 Å². The van der Waals surface area contributed by atoms with Gasteiger partial charge in [-0.3, -0.25) is 19.7 Å². The number of benzene rings is 2. The van der Waals surface area contributed by atoms with Gasteiger partial charge in [0.2, 0.25) is 20.0 Å². The molecule has 0 radical (unpaired) electrons. The molecular formula is C20H23N5O9S2. The third kappa shape index (κ3) is 6.61. The zero-order valence-electron chi connectivity index (χ0n) is 18.7. The average Bonchev–Trinajstić information content (AvgIpc) is 3.32. The van der Waals surface area contributed by atoms with Crippen molar-refractivity contribution in [3.63, 3.8) is 0 Å². The summed E-state index contributed by atoms with van der Waals surface area (Å²) in [5.41, 5.74) is 0.441. The molecule has 0 saturated carbocycles. The number of non-ortho nitro benzene ring substituents is 1. The Bertz CT molecular complexity index is 1340. The minimum Gasteiger partial charge on any atom is -0.359 e. The normalized spacial score (nSPS) is 16.4. The molecule has 3 rings (SSSR count). The van der Waals surface area contributed by atoms with Crippen LogP contribution in [0.4, 0.5) is 5.69 Å². The van der Waals surface area contributed by atoms with Gasteiger partial charge in [0.05, 0.1) is 27.9 Å². The lowest BCUT2D eigenvalue weighted by Crippen LogP contribution is -2.47. The Hall–Kier alpha value is -3.44. The third-order valence-electron chi connectivity index (χ3n) is 5.19. The number of rotatable bonds is 9. The number of carbonyl (C=O) groups excluding carboxylic acids is 2. The van der Waals surface area contributed by atoms with Crippen molar-refractivity contribution in [3.05, 3.63) is 64.2 Å². The van der Waals surface area contributed by atoms with Gasteiger partial charge in [0.1, 0.15) is 6.23 Å². The second kappa shape index (κ2) is 11.1. The summed E-state index contributed by atoms with van der Waals surface area (Å²) in [7, 11) is -7.88. The number of nitrogens with zero attached hydrogens (tertiary/aromatic N) is 2. The van der Waals surface area contributed by atoms with Gasteiger partial charge in [0, 0.05) is 25.2 Å². The van der Waals surface area contributed by atoms with Crippen LogP contribution in [-0.4, -0.2) is 70.3 Å². The molecule has 16 heteroatoms. The fourth-order valence-corrected chi connectivity index (χ4v) is 5.35. The highest BCUT2D eigenvalue weighted by Gasteiger charge is 2.37. The number of ether oxygens (including phenoxy) is 1. The predicted molar refractivity (Wildman–Crippen MR) is 124 cm³/mol. The van der Waals surface area contributed by atoms with E-state index >= 15 is 0 Å². The molecule has 1 heterocycles. The van der Waals surface area contributed by atoms with Crippen LogP contribution in [0.2, 0.25) is 0 Å². The highest BCUT2D eigenvalue weighted by atomic mass is 32.2. The van der Waals surface area contributed by atoms with Crippen LogP contribution in [0.15, 0.2) is 58.3 Å². The maximum atomic E-state index is 12.9. The van der Waals surface area contributed by atoms with Crippen LogP contribution in [0.3, 0.4) is 0 Å². The number of amides is 2. The third-order valence-corrected chi connectivity index (χ3v) is 8.02. The van der Waals surface area contributed by atoms with Gasteiger partial charge < -0.3 is 15.4 Å². The van der Waals surface area contributed by atoms with E-state index in [1.807, 2.05) is 0 Å². The summed E-state index contributed by atoms with van der Waals surface area (Å²) in [6.07, 6.45) is -0.754. The number of nitrogens with one attached hydrogen (secondary N) is 2. The van der Waals surface area contributed by atoms with Gasteiger partial charge in [-0.1, -0.05) is 12.1 Å². The zero-order valence-corrected chi connectivity index (χ0v) is 20.3. The van der Waals surface area contributed by atoms with Gasteiger partial charge in [-0.2, -0.15) is 4.31 Å². The number of nitrogens with two attached hydrogens (primary N) is 1. The number of hydrogen-bond acceptors (Lipinski definition) is 9. The highest BCUT2D eigenvalue weighted by Crippen LogP contribution is 2.24. The first-order valence-corrected chi connectivity index (χ1v) is 13.4. The standard InChI is InChI=1S/C20H23N5O9S2/c21-35(30,31)16-5-1-14(2-6-16)9-10-22-19(26)20(27)23-13-18-24(11-12-34-18)36(32,33)17-7-3-15(4-8-17)25(28)29/h1-8,18H,9-13H2,(H,22,26)(H,23,27)(H2,21,30,31)/t18-/m1/s1. The molecule has 2 aromatic rings. The fourth-order valence-electron chi connectivity index (χ4n) is 3.32. The van der Waals surface area contributed by atoms with Crippen LogP contribution < -0.4 is 15.8 Å². The Balaban J connectivity index is 1.50. The second-order valence-corrected chi connectivity index (χ2v) is 11.0. The van der Waals surface area contributed by atoms with E-state index in [1.165, 1.54) is 24.3 Å². The van der Waals surface area contributed by atoms with Crippen LogP contribution in [0, 0.1) is 10.1 Å². The molecule has 1 saturated heterocycles. The van der Waals surface area contributed by atoms with Crippen molar-refractivity contribution < 1.29 is 36.1 Å². The van der Waals surface area contributed by atoms with E-state index in [1.54, 1.807) is 0 Å². The quantitative estimate of drug-likeness (QED) is 0.203. The molecule has 2 aromatic carbocycles. The van der Waals surface area contributed by atoms with Gasteiger partial charge >= 0.3 is 11.8 Å². The molecule has 1 aliphatic rings. The van der Waals surface area contributed by atoms with Crippen molar-refractivity contribution in [3.8, 4) is 0 Å². The van der Waals surface area contributed by atoms with Gasteiger partial charge in [0.25, 0.3) is 5.69 Å². The summed E-state index contributed by atoms with van der Waals surface area (Å²) in [5, 5.41) is 20.6. The first kappa shape index (κ1) is 27.2. The molecule has 0 aromatic heterocycles. The Kier molecular flexibility index (Phi) is 8.36. The van der Waals surface area contributed by atoms with Crippen LogP contribution in [-0.2, 0) is 40.8 Å². The van der Waals surface area contributed by atoms with E-state index in [2.05, 4.69) is 10.6 Å². The van der Waals surface area contributed by atoms with Crippen molar-refractivity contribution in [2.24, 2.45) is 5.14 Å². The second-order valence-electron chi connectivity index (χ2n) is 7.60. The fraction of sp³-hybridized carbons (Fsp3) is 0.300. The average molecular weight is 542 g/mol. The van der Waals surface area contributed by atoms with Gasteiger partial charge in [0.15, 0.2) is 0 Å². The number of carbonyl (C=O) groups is 2. The molecule has 0 unspecified atom stereocenters. The van der Waals surface area contributed by atoms with Crippen LogP contribution in [0.25, 0.3) is 0 Å². The monoisotopic (exact) mass is 541 g/mol. The molecule has 1 fully saturated rings. The topological polar surface area (TPSA) is 208 Å². The lowest BCUT2D eigenvalue weighted by molar-refractivity contribution is -0.384. The van der Waals surface area contributed by atoms with Crippen molar-refractivity contribution in [1.82, 2.24) is 14.9 Å². The van der Waals surface area contributed by atoms with E-state index in [9.17, 15) is 36.5 Å². The molecule has 0 spiro atoms. The van der Waals surface area contributed by atoms with E-state index < -0.39 is 43.0 Å². The Labute approximate surface area is 206 Å². The van der Waals surface area contributed by atoms with Gasteiger partial charge in [-0.25, -0.2) is 22.0 Å². The molecule has 14 nitrogen and oxygen atoms in total. The molecule has 0 bridgehead atoms. The summed E-state index contributed by atoms with van der Waals surface area (Å²) < 4.78 is 54.7. The number of nitro benzene ring substituents is 1. The van der Waals surface area contributed by atoms with Crippen molar-refractivity contribution in [2.45, 2.75) is 22.4 Å². The molecule has 1 atom stereocenters. The first-order chi connectivity index (χ1) is 16.9. The van der Waals surface area contributed by atoms with E-state index in [0.717, 1.165) is 28.6 Å². The first-order valence-electron chi connectivity index (χ1n) is 10.5.